The third-order valence-electron chi connectivity index (χ3n) is 3.17. The number of rotatable bonds is 6. The summed E-state index contributed by atoms with van der Waals surface area (Å²) in [6.07, 6.45) is 3.59. The molecule has 0 amide bonds. The van der Waals surface area contributed by atoms with Gasteiger partial charge in [-0.25, -0.2) is 4.79 Å². The first-order valence-corrected chi connectivity index (χ1v) is 8.48. The van der Waals surface area contributed by atoms with Crippen LogP contribution in [0, 0.1) is 3.57 Å². The molecule has 0 fully saturated rings. The van der Waals surface area contributed by atoms with E-state index >= 15 is 0 Å². The minimum absolute atomic E-state index is 0.258. The lowest BCUT2D eigenvalue weighted by atomic mass is 10.2. The van der Waals surface area contributed by atoms with Crippen LogP contribution >= 0.6 is 22.6 Å². The Labute approximate surface area is 149 Å². The van der Waals surface area contributed by atoms with E-state index in [0.717, 1.165) is 27.7 Å². The highest BCUT2D eigenvalue weighted by Gasteiger charge is 2.06. The second-order valence-corrected chi connectivity index (χ2v) is 6.17. The molecule has 0 aliphatic carbocycles. The summed E-state index contributed by atoms with van der Waals surface area (Å²) >= 11 is 2.07. The number of hydrogen-bond donors (Lipinski definition) is 1. The summed E-state index contributed by atoms with van der Waals surface area (Å²) in [5.41, 5.74) is 2.17. The number of aromatic hydroxyl groups is 1. The van der Waals surface area contributed by atoms with Crippen LogP contribution in [-0.2, 0) is 4.74 Å². The van der Waals surface area contributed by atoms with Gasteiger partial charge in [0.1, 0.15) is 5.75 Å². The number of benzene rings is 2. The van der Waals surface area contributed by atoms with E-state index in [-0.39, 0.29) is 11.7 Å². The van der Waals surface area contributed by atoms with Gasteiger partial charge in [0.2, 0.25) is 0 Å². The van der Waals surface area contributed by atoms with Gasteiger partial charge in [0.15, 0.2) is 0 Å². The topological polar surface area (TPSA) is 58.9 Å². The molecule has 0 heterocycles. The van der Waals surface area contributed by atoms with Crippen molar-refractivity contribution >= 4 is 40.5 Å². The fourth-order valence-corrected chi connectivity index (χ4v) is 2.37. The molecule has 2 rings (SSSR count). The standard InChI is InChI=1S/C18H18INO3/c1-2-3-10-23-18(22)14-5-7-15(8-6-14)20-12-13-4-9-17(21)16(19)11-13/h4-9,11-12,21H,2-3,10H2,1H3. The van der Waals surface area contributed by atoms with Gasteiger partial charge in [-0.15, -0.1) is 0 Å². The first kappa shape index (κ1) is 17.5. The number of nitrogens with zero attached hydrogens (tertiary/aromatic N) is 1. The van der Waals surface area contributed by atoms with Crippen molar-refractivity contribution in [1.82, 2.24) is 0 Å². The normalized spacial score (nSPS) is 10.9. The maximum absolute atomic E-state index is 11.8. The molecule has 0 saturated heterocycles. The number of ether oxygens (including phenoxy) is 1. The second kappa shape index (κ2) is 8.67. The van der Waals surface area contributed by atoms with E-state index in [2.05, 4.69) is 34.5 Å². The van der Waals surface area contributed by atoms with Gasteiger partial charge >= 0.3 is 5.97 Å². The van der Waals surface area contributed by atoms with Crippen molar-refractivity contribution in [3.8, 4) is 5.75 Å². The van der Waals surface area contributed by atoms with Crippen LogP contribution in [-0.4, -0.2) is 23.9 Å². The average molecular weight is 423 g/mol. The molecule has 1 N–H and O–H groups in total. The number of esters is 1. The van der Waals surface area contributed by atoms with Crippen LogP contribution in [0.4, 0.5) is 5.69 Å². The van der Waals surface area contributed by atoms with Crippen LogP contribution in [0.5, 0.6) is 5.75 Å². The van der Waals surface area contributed by atoms with E-state index in [4.69, 9.17) is 4.74 Å². The summed E-state index contributed by atoms with van der Waals surface area (Å²) < 4.78 is 5.93. The second-order valence-electron chi connectivity index (χ2n) is 5.01. The summed E-state index contributed by atoms with van der Waals surface area (Å²) in [7, 11) is 0. The number of halogens is 1. The molecule has 4 nitrogen and oxygen atoms in total. The van der Waals surface area contributed by atoms with E-state index in [9.17, 15) is 9.90 Å². The van der Waals surface area contributed by atoms with Gasteiger partial charge in [0.25, 0.3) is 0 Å². The van der Waals surface area contributed by atoms with Crippen LogP contribution in [0.25, 0.3) is 0 Å². The van der Waals surface area contributed by atoms with Crippen molar-refractivity contribution in [1.29, 1.82) is 0 Å². The van der Waals surface area contributed by atoms with Crippen molar-refractivity contribution in [3.63, 3.8) is 0 Å². The van der Waals surface area contributed by atoms with Crippen LogP contribution in [0.1, 0.15) is 35.7 Å². The lowest BCUT2D eigenvalue weighted by Gasteiger charge is -2.04. The van der Waals surface area contributed by atoms with Crippen molar-refractivity contribution in [2.24, 2.45) is 4.99 Å². The maximum atomic E-state index is 11.8. The molecule has 2 aromatic rings. The number of aliphatic imine (C=N–C) groups is 1. The lowest BCUT2D eigenvalue weighted by molar-refractivity contribution is 0.0500. The van der Waals surface area contributed by atoms with Gasteiger partial charge in [-0.05, 0) is 77.0 Å². The summed E-state index contributed by atoms with van der Waals surface area (Å²) in [5, 5.41) is 9.49. The molecule has 120 valence electrons. The molecule has 0 radical (unpaired) electrons. The first-order valence-electron chi connectivity index (χ1n) is 7.40. The van der Waals surface area contributed by atoms with Gasteiger partial charge in [-0.1, -0.05) is 13.3 Å². The number of phenols is 1. The zero-order valence-electron chi connectivity index (χ0n) is 12.8. The van der Waals surface area contributed by atoms with E-state index < -0.39 is 0 Å². The Hall–Kier alpha value is -1.89. The van der Waals surface area contributed by atoms with Crippen LogP contribution in [0.2, 0.25) is 0 Å². The third kappa shape index (κ3) is 5.35. The Bertz CT molecular complexity index is 696. The number of hydrogen-bond acceptors (Lipinski definition) is 4. The van der Waals surface area contributed by atoms with E-state index in [1.807, 2.05) is 6.07 Å². The van der Waals surface area contributed by atoms with E-state index in [1.165, 1.54) is 0 Å². The highest BCUT2D eigenvalue weighted by molar-refractivity contribution is 14.1. The molecule has 5 heteroatoms. The summed E-state index contributed by atoms with van der Waals surface area (Å²) in [4.78, 5) is 16.2. The molecule has 23 heavy (non-hydrogen) atoms. The molecule has 0 aliphatic heterocycles. The van der Waals surface area contributed by atoms with Gasteiger partial charge in [0, 0.05) is 6.21 Å². The average Bonchev–Trinajstić information content (AvgIpc) is 2.56. The third-order valence-corrected chi connectivity index (χ3v) is 4.03. The zero-order chi connectivity index (χ0) is 16.7. The quantitative estimate of drug-likeness (QED) is 0.317. The number of phenolic OH excluding ortho intramolecular Hbond substituents is 1. The van der Waals surface area contributed by atoms with Crippen molar-refractivity contribution in [2.75, 3.05) is 6.61 Å². The largest absolute Gasteiger partial charge is 0.507 e. The molecule has 0 saturated carbocycles. The van der Waals surface area contributed by atoms with Crippen molar-refractivity contribution < 1.29 is 14.6 Å². The predicted octanol–water partition coefficient (Wildman–Crippen LogP) is 4.70. The van der Waals surface area contributed by atoms with E-state index in [0.29, 0.717) is 12.2 Å². The van der Waals surface area contributed by atoms with E-state index in [1.54, 1.807) is 42.6 Å². The minimum atomic E-state index is -0.304. The summed E-state index contributed by atoms with van der Waals surface area (Å²) in [6.45, 7) is 2.50. The van der Waals surface area contributed by atoms with Crippen LogP contribution in [0.3, 0.4) is 0 Å². The molecule has 2 aromatic carbocycles. The Morgan fingerprint density at radius 2 is 2.00 bits per heavy atom. The Morgan fingerprint density at radius 1 is 1.26 bits per heavy atom. The zero-order valence-corrected chi connectivity index (χ0v) is 15.0. The highest BCUT2D eigenvalue weighted by atomic mass is 127. The smallest absolute Gasteiger partial charge is 0.338 e. The molecular formula is C18H18INO3. The molecule has 0 atom stereocenters. The Morgan fingerprint density at radius 3 is 2.65 bits per heavy atom. The number of carbonyl (C=O) groups is 1. The fraction of sp³-hybridized carbons (Fsp3) is 0.222. The Kier molecular flexibility index (Phi) is 6.58. The Balaban J connectivity index is 2.00. The predicted molar refractivity (Wildman–Crippen MR) is 99.7 cm³/mol. The van der Waals surface area contributed by atoms with Crippen molar-refractivity contribution in [3.05, 3.63) is 57.2 Å². The van der Waals surface area contributed by atoms with Crippen LogP contribution < -0.4 is 0 Å². The SMILES string of the molecule is CCCCOC(=O)c1ccc(N=Cc2ccc(O)c(I)c2)cc1. The summed E-state index contributed by atoms with van der Waals surface area (Å²) in [6, 6.07) is 12.2. The monoisotopic (exact) mass is 423 g/mol. The molecular weight excluding hydrogens is 405 g/mol. The van der Waals surface area contributed by atoms with Crippen LogP contribution in [0.15, 0.2) is 47.5 Å². The highest BCUT2D eigenvalue weighted by Crippen LogP contribution is 2.20. The lowest BCUT2D eigenvalue weighted by Crippen LogP contribution is -2.05. The minimum Gasteiger partial charge on any atom is -0.507 e. The van der Waals surface area contributed by atoms with Crippen molar-refractivity contribution in [2.45, 2.75) is 19.8 Å². The molecule has 0 spiro atoms. The van der Waals surface area contributed by atoms with Gasteiger partial charge in [-0.3, -0.25) is 4.99 Å². The van der Waals surface area contributed by atoms with Gasteiger partial charge in [-0.2, -0.15) is 0 Å². The summed E-state index contributed by atoms with van der Waals surface area (Å²) in [5.74, 6) is -0.0456. The maximum Gasteiger partial charge on any atom is 0.338 e. The molecule has 0 aromatic heterocycles. The first-order chi connectivity index (χ1) is 11.1. The van der Waals surface area contributed by atoms with Gasteiger partial charge in [0.05, 0.1) is 21.4 Å². The number of carbonyl (C=O) groups excluding carboxylic acids is 1. The fourth-order valence-electron chi connectivity index (χ4n) is 1.83. The molecule has 0 unspecified atom stereocenters. The molecule has 0 aliphatic rings. The van der Waals surface area contributed by atoms with Gasteiger partial charge < -0.3 is 9.84 Å². The number of unbranched alkanes of at least 4 members (excludes halogenated alkanes) is 1. The molecule has 0 bridgehead atoms.